The van der Waals surface area contributed by atoms with Crippen LogP contribution >= 0.6 is 36.2 Å². The minimum absolute atomic E-state index is 0. The van der Waals surface area contributed by atoms with Gasteiger partial charge in [-0.15, -0.1) is 36.2 Å². The Kier molecular flexibility index (Phi) is 7.91. The van der Waals surface area contributed by atoms with E-state index in [1.54, 1.807) is 19.1 Å². The number of alkyl halides is 3. The lowest BCUT2D eigenvalue weighted by atomic mass is 10.1. The lowest BCUT2D eigenvalue weighted by molar-refractivity contribution is -0.144. The Labute approximate surface area is 170 Å². The number of thiophene rings is 1. The van der Waals surface area contributed by atoms with Crippen molar-refractivity contribution < 1.29 is 17.6 Å². The maximum Gasteiger partial charge on any atom is 0.451 e. The van der Waals surface area contributed by atoms with E-state index in [2.05, 4.69) is 15.3 Å². The van der Waals surface area contributed by atoms with Gasteiger partial charge in [-0.2, -0.15) is 13.2 Å². The number of nitrogens with one attached hydrogen (secondary N) is 1. The van der Waals surface area contributed by atoms with Crippen LogP contribution in [0.2, 0.25) is 0 Å². The minimum Gasteiger partial charge on any atom is -0.467 e. The summed E-state index contributed by atoms with van der Waals surface area (Å²) in [6, 6.07) is 3.35. The summed E-state index contributed by atoms with van der Waals surface area (Å²) < 4.78 is 45.3. The highest BCUT2D eigenvalue weighted by Gasteiger charge is 2.36. The number of hydrogen-bond acceptors (Lipinski definition) is 6. The summed E-state index contributed by atoms with van der Waals surface area (Å²) in [5.74, 6) is -0.405. The fraction of sp³-hybridized carbons (Fsp3) is 0.375. The van der Waals surface area contributed by atoms with Crippen molar-refractivity contribution >= 4 is 52.2 Å². The van der Waals surface area contributed by atoms with Crippen molar-refractivity contribution in [1.29, 1.82) is 0 Å². The summed E-state index contributed by atoms with van der Waals surface area (Å²) in [5.41, 5.74) is 6.86. The Morgan fingerprint density at radius 1 is 1.30 bits per heavy atom. The lowest BCUT2D eigenvalue weighted by Crippen LogP contribution is -2.17. The summed E-state index contributed by atoms with van der Waals surface area (Å²) in [7, 11) is 0. The van der Waals surface area contributed by atoms with Gasteiger partial charge >= 0.3 is 6.18 Å². The molecular weight excluding hydrogens is 424 g/mol. The van der Waals surface area contributed by atoms with Crippen LogP contribution in [0.15, 0.2) is 22.8 Å². The van der Waals surface area contributed by atoms with Gasteiger partial charge in [-0.05, 0) is 38.0 Å². The molecule has 3 N–H and O–H groups in total. The second-order valence-electron chi connectivity index (χ2n) is 5.84. The van der Waals surface area contributed by atoms with Gasteiger partial charge < -0.3 is 15.5 Å². The van der Waals surface area contributed by atoms with Gasteiger partial charge in [0, 0.05) is 10.9 Å². The van der Waals surface area contributed by atoms with E-state index in [9.17, 15) is 13.2 Å². The molecule has 27 heavy (non-hydrogen) atoms. The number of anilines is 1. The van der Waals surface area contributed by atoms with Crippen molar-refractivity contribution in [2.24, 2.45) is 5.73 Å². The van der Waals surface area contributed by atoms with Gasteiger partial charge in [-0.3, -0.25) is 0 Å². The van der Waals surface area contributed by atoms with Crippen LogP contribution in [-0.2, 0) is 19.1 Å². The monoisotopic (exact) mass is 442 g/mol. The van der Waals surface area contributed by atoms with Crippen LogP contribution in [0.3, 0.4) is 0 Å². The number of hydrogen-bond donors (Lipinski definition) is 2. The molecule has 0 aliphatic carbocycles. The first-order valence-corrected chi connectivity index (χ1v) is 8.46. The fourth-order valence-electron chi connectivity index (χ4n) is 2.45. The molecule has 3 aromatic heterocycles. The molecular formula is C16H19Cl2F3N4OS. The Bertz CT molecular complexity index is 882. The molecule has 0 aromatic carbocycles. The van der Waals surface area contributed by atoms with Gasteiger partial charge in [0.05, 0.1) is 23.0 Å². The summed E-state index contributed by atoms with van der Waals surface area (Å²) in [5, 5.41) is 2.93. The average molecular weight is 443 g/mol. The first-order chi connectivity index (χ1) is 11.8. The molecule has 3 aromatic rings. The third kappa shape index (κ3) is 5.25. The Morgan fingerprint density at radius 3 is 2.56 bits per heavy atom. The number of rotatable bonds is 5. The number of nitrogens with zero attached hydrogens (tertiary/aromatic N) is 2. The number of aromatic nitrogens is 2. The van der Waals surface area contributed by atoms with E-state index < -0.39 is 12.0 Å². The topological polar surface area (TPSA) is 77.0 Å². The van der Waals surface area contributed by atoms with Crippen molar-refractivity contribution in [1.82, 2.24) is 9.97 Å². The molecule has 0 spiro atoms. The van der Waals surface area contributed by atoms with Crippen molar-refractivity contribution in [3.63, 3.8) is 0 Å². The number of aryl methyl sites for hydroxylation is 1. The van der Waals surface area contributed by atoms with Gasteiger partial charge in [0.1, 0.15) is 11.6 Å². The summed E-state index contributed by atoms with van der Waals surface area (Å²) in [6.45, 7) is 3.85. The SMILES string of the molecule is Cc1c(C[C@H](C)N)sc2c(NCc3ccco3)nc(C(F)(F)F)nc12.Cl.Cl. The van der Waals surface area contributed by atoms with Crippen molar-refractivity contribution in [3.05, 3.63) is 40.4 Å². The molecule has 0 saturated heterocycles. The highest BCUT2D eigenvalue weighted by atomic mass is 35.5. The van der Waals surface area contributed by atoms with Gasteiger partial charge in [0.15, 0.2) is 0 Å². The van der Waals surface area contributed by atoms with Crippen molar-refractivity contribution in [3.8, 4) is 0 Å². The Balaban J connectivity index is 0.00000182. The first-order valence-electron chi connectivity index (χ1n) is 7.64. The normalized spacial score (nSPS) is 12.4. The molecule has 0 saturated carbocycles. The molecule has 0 amide bonds. The van der Waals surface area contributed by atoms with E-state index in [0.717, 1.165) is 4.88 Å². The summed E-state index contributed by atoms with van der Waals surface area (Å²) in [6.07, 6.45) is -2.54. The molecule has 3 rings (SSSR count). The van der Waals surface area contributed by atoms with E-state index in [0.29, 0.717) is 28.0 Å². The third-order valence-electron chi connectivity index (χ3n) is 3.64. The summed E-state index contributed by atoms with van der Waals surface area (Å²) >= 11 is 1.37. The zero-order chi connectivity index (χ0) is 18.2. The number of furan rings is 1. The van der Waals surface area contributed by atoms with Crippen molar-refractivity contribution in [2.45, 2.75) is 39.0 Å². The van der Waals surface area contributed by atoms with E-state index in [1.807, 2.05) is 6.92 Å². The molecule has 3 heterocycles. The molecule has 11 heteroatoms. The number of fused-ring (bicyclic) bond motifs is 1. The zero-order valence-corrected chi connectivity index (χ0v) is 16.9. The Morgan fingerprint density at radius 2 is 2.00 bits per heavy atom. The van der Waals surface area contributed by atoms with Crippen LogP contribution in [0.25, 0.3) is 10.2 Å². The van der Waals surface area contributed by atoms with Gasteiger partial charge in [0.2, 0.25) is 5.82 Å². The molecule has 0 unspecified atom stereocenters. The molecule has 0 fully saturated rings. The van der Waals surface area contributed by atoms with Crippen LogP contribution in [0.5, 0.6) is 0 Å². The highest BCUT2D eigenvalue weighted by molar-refractivity contribution is 7.19. The smallest absolute Gasteiger partial charge is 0.451 e. The van der Waals surface area contributed by atoms with Crippen LogP contribution in [0.4, 0.5) is 19.0 Å². The number of halogens is 5. The van der Waals surface area contributed by atoms with E-state index >= 15 is 0 Å². The minimum atomic E-state index is -4.62. The predicted octanol–water partition coefficient (Wildman–Crippen LogP) is 4.96. The van der Waals surface area contributed by atoms with E-state index in [-0.39, 0.29) is 43.2 Å². The maximum atomic E-state index is 13.2. The molecule has 0 aliphatic heterocycles. The third-order valence-corrected chi connectivity index (χ3v) is 4.95. The zero-order valence-electron chi connectivity index (χ0n) is 14.5. The largest absolute Gasteiger partial charge is 0.467 e. The molecule has 0 radical (unpaired) electrons. The fourth-order valence-corrected chi connectivity index (χ4v) is 3.80. The number of nitrogens with two attached hydrogens (primary N) is 1. The molecule has 0 bridgehead atoms. The van der Waals surface area contributed by atoms with E-state index in [4.69, 9.17) is 10.2 Å². The maximum absolute atomic E-state index is 13.2. The van der Waals surface area contributed by atoms with Crippen LogP contribution in [0, 0.1) is 6.92 Å². The lowest BCUT2D eigenvalue weighted by Gasteiger charge is -2.10. The molecule has 150 valence electrons. The predicted molar refractivity (Wildman–Crippen MR) is 105 cm³/mol. The van der Waals surface area contributed by atoms with E-state index in [1.165, 1.54) is 17.6 Å². The van der Waals surface area contributed by atoms with Gasteiger partial charge in [-0.1, -0.05) is 0 Å². The second kappa shape index (κ2) is 9.09. The standard InChI is InChI=1S/C16H17F3N4OS.2ClH/c1-8(20)6-11-9(2)12-13(25-11)14(21-7-10-4-3-5-24-10)23-15(22-12)16(17,18)19;;/h3-5,8H,6-7,20H2,1-2H3,(H,21,22,23);2*1H/t8-;;/m0../s1. The Hall–Kier alpha value is -1.55. The van der Waals surface area contributed by atoms with Crippen LogP contribution in [-0.4, -0.2) is 16.0 Å². The van der Waals surface area contributed by atoms with Gasteiger partial charge in [0.25, 0.3) is 0 Å². The van der Waals surface area contributed by atoms with Crippen molar-refractivity contribution in [2.75, 3.05) is 5.32 Å². The molecule has 5 nitrogen and oxygen atoms in total. The van der Waals surface area contributed by atoms with Crippen LogP contribution < -0.4 is 11.1 Å². The second-order valence-corrected chi connectivity index (χ2v) is 6.94. The average Bonchev–Trinajstić information content (AvgIpc) is 3.13. The van der Waals surface area contributed by atoms with Gasteiger partial charge in [-0.25, -0.2) is 9.97 Å². The highest BCUT2D eigenvalue weighted by Crippen LogP contribution is 2.37. The molecule has 1 atom stereocenters. The van der Waals surface area contributed by atoms with Crippen LogP contribution in [0.1, 0.15) is 28.9 Å². The summed E-state index contributed by atoms with van der Waals surface area (Å²) in [4.78, 5) is 8.36. The molecule has 0 aliphatic rings. The quantitative estimate of drug-likeness (QED) is 0.583. The first kappa shape index (κ1) is 23.5.